The summed E-state index contributed by atoms with van der Waals surface area (Å²) in [5.74, 6) is -0.907. The molecule has 0 spiro atoms. The second-order valence-corrected chi connectivity index (χ2v) is 6.01. The minimum atomic E-state index is -0.683. The van der Waals surface area contributed by atoms with E-state index >= 15 is 0 Å². The summed E-state index contributed by atoms with van der Waals surface area (Å²) in [6.45, 7) is 0. The molecule has 1 aromatic rings. The van der Waals surface area contributed by atoms with Crippen molar-refractivity contribution in [1.29, 1.82) is 0 Å². The summed E-state index contributed by atoms with van der Waals surface area (Å²) in [5.41, 5.74) is 1.93. The molecule has 1 aromatic carbocycles. The number of halogens is 1. The molecule has 0 radical (unpaired) electrons. The molecule has 0 amide bonds. The lowest BCUT2D eigenvalue weighted by Crippen LogP contribution is -2.30. The standard InChI is InChI=1S/C15H21ClN2O2/c1-18(2)14-7-6-12(9-13(14)16)17-11-5-3-4-10(8-11)15(19)20/h6-7,9-11,17H,3-5,8H2,1-2H3,(H,19,20). The van der Waals surface area contributed by atoms with E-state index in [-0.39, 0.29) is 12.0 Å². The summed E-state index contributed by atoms with van der Waals surface area (Å²) >= 11 is 6.25. The fourth-order valence-electron chi connectivity index (χ4n) is 2.74. The number of carbonyl (C=O) groups is 1. The van der Waals surface area contributed by atoms with Crippen LogP contribution in [0.3, 0.4) is 0 Å². The van der Waals surface area contributed by atoms with Crippen molar-refractivity contribution in [1.82, 2.24) is 0 Å². The molecule has 0 aliphatic heterocycles. The highest BCUT2D eigenvalue weighted by atomic mass is 35.5. The molecule has 20 heavy (non-hydrogen) atoms. The minimum Gasteiger partial charge on any atom is -0.481 e. The molecule has 2 N–H and O–H groups in total. The van der Waals surface area contributed by atoms with Gasteiger partial charge < -0.3 is 15.3 Å². The van der Waals surface area contributed by atoms with Crippen LogP contribution in [0.5, 0.6) is 0 Å². The van der Waals surface area contributed by atoms with Gasteiger partial charge in [0, 0.05) is 25.8 Å². The first-order chi connectivity index (χ1) is 9.47. The molecule has 1 aliphatic rings. The van der Waals surface area contributed by atoms with E-state index in [1.54, 1.807) is 0 Å². The Labute approximate surface area is 124 Å². The average Bonchev–Trinajstić information content (AvgIpc) is 2.38. The molecule has 2 rings (SSSR count). The lowest BCUT2D eigenvalue weighted by molar-refractivity contribution is -0.142. The van der Waals surface area contributed by atoms with Gasteiger partial charge in [0.2, 0.25) is 0 Å². The van der Waals surface area contributed by atoms with Crippen molar-refractivity contribution >= 4 is 28.9 Å². The zero-order chi connectivity index (χ0) is 14.7. The maximum Gasteiger partial charge on any atom is 0.306 e. The summed E-state index contributed by atoms with van der Waals surface area (Å²) in [4.78, 5) is 13.0. The Balaban J connectivity index is 2.03. The molecule has 0 saturated heterocycles. The van der Waals surface area contributed by atoms with Crippen LogP contribution >= 0.6 is 11.6 Å². The van der Waals surface area contributed by atoms with E-state index in [9.17, 15) is 4.79 Å². The number of carboxylic acid groups (broad SMARTS) is 1. The van der Waals surface area contributed by atoms with Gasteiger partial charge in [-0.1, -0.05) is 18.0 Å². The third kappa shape index (κ3) is 3.57. The Bertz CT molecular complexity index is 491. The van der Waals surface area contributed by atoms with Gasteiger partial charge in [0.05, 0.1) is 16.6 Å². The Morgan fingerprint density at radius 2 is 2.15 bits per heavy atom. The van der Waals surface area contributed by atoms with Gasteiger partial charge in [0.25, 0.3) is 0 Å². The number of hydrogen-bond donors (Lipinski definition) is 2. The Morgan fingerprint density at radius 1 is 1.40 bits per heavy atom. The topological polar surface area (TPSA) is 52.6 Å². The van der Waals surface area contributed by atoms with Crippen molar-refractivity contribution in [2.75, 3.05) is 24.3 Å². The number of carboxylic acids is 1. The van der Waals surface area contributed by atoms with Crippen LogP contribution in [-0.2, 0) is 4.79 Å². The number of aliphatic carboxylic acids is 1. The van der Waals surface area contributed by atoms with Crippen LogP contribution in [-0.4, -0.2) is 31.2 Å². The number of hydrogen-bond acceptors (Lipinski definition) is 3. The summed E-state index contributed by atoms with van der Waals surface area (Å²) in [6, 6.07) is 6.08. The SMILES string of the molecule is CN(C)c1ccc(NC2CCCC(C(=O)O)C2)cc1Cl. The summed E-state index contributed by atoms with van der Waals surface area (Å²) in [7, 11) is 3.90. The average molecular weight is 297 g/mol. The molecule has 1 fully saturated rings. The molecular formula is C15H21ClN2O2. The van der Waals surface area contributed by atoms with Gasteiger partial charge in [-0.2, -0.15) is 0 Å². The highest BCUT2D eigenvalue weighted by Crippen LogP contribution is 2.30. The molecule has 5 heteroatoms. The van der Waals surface area contributed by atoms with Crippen molar-refractivity contribution in [2.45, 2.75) is 31.7 Å². The van der Waals surface area contributed by atoms with Gasteiger partial charge in [0.15, 0.2) is 0 Å². The third-order valence-electron chi connectivity index (χ3n) is 3.82. The quantitative estimate of drug-likeness (QED) is 0.893. The normalized spacial score (nSPS) is 22.4. The van der Waals surface area contributed by atoms with Crippen molar-refractivity contribution in [3.05, 3.63) is 23.2 Å². The highest BCUT2D eigenvalue weighted by Gasteiger charge is 2.26. The van der Waals surface area contributed by atoms with Crippen molar-refractivity contribution in [3.8, 4) is 0 Å². The molecule has 0 heterocycles. The molecule has 0 bridgehead atoms. The van der Waals surface area contributed by atoms with Crippen LogP contribution in [0.2, 0.25) is 5.02 Å². The highest BCUT2D eigenvalue weighted by molar-refractivity contribution is 6.33. The summed E-state index contributed by atoms with van der Waals surface area (Å²) < 4.78 is 0. The van der Waals surface area contributed by atoms with Gasteiger partial charge in [0.1, 0.15) is 0 Å². The number of nitrogens with zero attached hydrogens (tertiary/aromatic N) is 1. The molecule has 0 aromatic heterocycles. The predicted molar refractivity (Wildman–Crippen MR) is 82.8 cm³/mol. The Morgan fingerprint density at radius 3 is 2.75 bits per heavy atom. The van der Waals surface area contributed by atoms with E-state index in [0.717, 1.165) is 30.6 Å². The minimum absolute atomic E-state index is 0.214. The van der Waals surface area contributed by atoms with E-state index in [4.69, 9.17) is 16.7 Å². The van der Waals surface area contributed by atoms with Crippen molar-refractivity contribution < 1.29 is 9.90 Å². The smallest absolute Gasteiger partial charge is 0.306 e. The van der Waals surface area contributed by atoms with E-state index < -0.39 is 5.97 Å². The largest absolute Gasteiger partial charge is 0.481 e. The molecule has 2 atom stereocenters. The molecule has 110 valence electrons. The number of anilines is 2. The van der Waals surface area contributed by atoms with Crippen LogP contribution in [0.15, 0.2) is 18.2 Å². The molecule has 1 saturated carbocycles. The predicted octanol–water partition coefficient (Wildman–Crippen LogP) is 3.46. The second-order valence-electron chi connectivity index (χ2n) is 5.60. The molecule has 2 unspecified atom stereocenters. The first kappa shape index (κ1) is 15.0. The molecular weight excluding hydrogens is 276 g/mol. The van der Waals surface area contributed by atoms with E-state index in [1.165, 1.54) is 0 Å². The fourth-order valence-corrected chi connectivity index (χ4v) is 3.09. The van der Waals surface area contributed by atoms with Crippen LogP contribution in [0.25, 0.3) is 0 Å². The van der Waals surface area contributed by atoms with Crippen molar-refractivity contribution in [3.63, 3.8) is 0 Å². The third-order valence-corrected chi connectivity index (χ3v) is 4.13. The Hall–Kier alpha value is -1.42. The number of benzene rings is 1. The van der Waals surface area contributed by atoms with Crippen LogP contribution in [0, 0.1) is 5.92 Å². The maximum atomic E-state index is 11.1. The Kier molecular flexibility index (Phi) is 4.76. The lowest BCUT2D eigenvalue weighted by Gasteiger charge is -2.28. The summed E-state index contributed by atoms with van der Waals surface area (Å²) in [6.07, 6.45) is 3.44. The molecule has 4 nitrogen and oxygen atoms in total. The zero-order valence-corrected chi connectivity index (χ0v) is 12.7. The van der Waals surface area contributed by atoms with E-state index in [0.29, 0.717) is 11.4 Å². The van der Waals surface area contributed by atoms with Gasteiger partial charge in [-0.3, -0.25) is 4.79 Å². The van der Waals surface area contributed by atoms with Gasteiger partial charge >= 0.3 is 5.97 Å². The number of rotatable bonds is 4. The first-order valence-electron chi connectivity index (χ1n) is 6.93. The maximum absolute atomic E-state index is 11.1. The van der Waals surface area contributed by atoms with Crippen molar-refractivity contribution in [2.24, 2.45) is 5.92 Å². The van der Waals surface area contributed by atoms with Gasteiger partial charge in [-0.05, 0) is 37.5 Å². The van der Waals surface area contributed by atoms with Crippen LogP contribution < -0.4 is 10.2 Å². The monoisotopic (exact) mass is 296 g/mol. The van der Waals surface area contributed by atoms with E-state index in [2.05, 4.69) is 5.32 Å². The zero-order valence-electron chi connectivity index (χ0n) is 11.9. The van der Waals surface area contributed by atoms with E-state index in [1.807, 2.05) is 37.2 Å². The van der Waals surface area contributed by atoms with Gasteiger partial charge in [-0.25, -0.2) is 0 Å². The fraction of sp³-hybridized carbons (Fsp3) is 0.533. The lowest BCUT2D eigenvalue weighted by atomic mass is 9.85. The summed E-state index contributed by atoms with van der Waals surface area (Å²) in [5, 5.41) is 13.2. The van der Waals surface area contributed by atoms with Gasteiger partial charge in [-0.15, -0.1) is 0 Å². The molecule has 1 aliphatic carbocycles. The van der Waals surface area contributed by atoms with Crippen LogP contribution in [0.4, 0.5) is 11.4 Å². The number of nitrogens with one attached hydrogen (secondary N) is 1. The second kappa shape index (κ2) is 6.35. The first-order valence-corrected chi connectivity index (χ1v) is 7.31. The van der Waals surface area contributed by atoms with Crippen LogP contribution in [0.1, 0.15) is 25.7 Å².